The number of carbonyl (C=O) groups excluding carboxylic acids is 2. The highest BCUT2D eigenvalue weighted by Crippen LogP contribution is 2.11. The van der Waals surface area contributed by atoms with E-state index in [1.54, 1.807) is 17.0 Å². The maximum atomic E-state index is 11.8. The molecule has 1 amide bonds. The minimum absolute atomic E-state index is 0.0217. The molecule has 0 aromatic carbocycles. The topological polar surface area (TPSA) is 68.7 Å². The van der Waals surface area contributed by atoms with Crippen LogP contribution >= 0.6 is 0 Å². The summed E-state index contributed by atoms with van der Waals surface area (Å²) < 4.78 is 10.4. The molecule has 0 radical (unpaired) electrons. The third-order valence-electron chi connectivity index (χ3n) is 3.11. The predicted octanol–water partition coefficient (Wildman–Crippen LogP) is 1.65. The first kappa shape index (κ1) is 15.3. The van der Waals surface area contributed by atoms with Crippen LogP contribution in [0.1, 0.15) is 37.0 Å². The van der Waals surface area contributed by atoms with Gasteiger partial charge in [-0.3, -0.25) is 4.79 Å². The Morgan fingerprint density at radius 1 is 1.29 bits per heavy atom. The maximum absolute atomic E-state index is 11.8. The van der Waals surface area contributed by atoms with Crippen LogP contribution in [0.15, 0.2) is 18.3 Å². The van der Waals surface area contributed by atoms with Gasteiger partial charge in [0.2, 0.25) is 5.88 Å². The van der Waals surface area contributed by atoms with Crippen LogP contribution in [0.25, 0.3) is 0 Å². The van der Waals surface area contributed by atoms with E-state index in [2.05, 4.69) is 4.98 Å². The van der Waals surface area contributed by atoms with Crippen LogP contribution in [0.3, 0.4) is 0 Å². The van der Waals surface area contributed by atoms with E-state index in [-0.39, 0.29) is 18.6 Å². The van der Waals surface area contributed by atoms with Gasteiger partial charge in [0.15, 0.2) is 6.61 Å². The van der Waals surface area contributed by atoms with Crippen molar-refractivity contribution < 1.29 is 19.1 Å². The summed E-state index contributed by atoms with van der Waals surface area (Å²) in [4.78, 5) is 29.3. The smallest absolute Gasteiger partial charge is 0.340 e. The second-order valence-electron chi connectivity index (χ2n) is 5.22. The summed E-state index contributed by atoms with van der Waals surface area (Å²) >= 11 is 0. The summed E-state index contributed by atoms with van der Waals surface area (Å²) in [6, 6.07) is 3.19. The number of hydrogen-bond donors (Lipinski definition) is 0. The lowest BCUT2D eigenvalue weighted by molar-refractivity contribution is -0.133. The summed E-state index contributed by atoms with van der Waals surface area (Å²) in [7, 11) is 0. The van der Waals surface area contributed by atoms with Gasteiger partial charge in [0.1, 0.15) is 0 Å². The highest BCUT2D eigenvalue weighted by atomic mass is 16.5. The van der Waals surface area contributed by atoms with Gasteiger partial charge in [-0.25, -0.2) is 9.78 Å². The van der Waals surface area contributed by atoms with Gasteiger partial charge in [0, 0.05) is 25.4 Å². The second-order valence-corrected chi connectivity index (χ2v) is 5.22. The van der Waals surface area contributed by atoms with E-state index in [1.807, 2.05) is 13.8 Å². The van der Waals surface area contributed by atoms with Gasteiger partial charge >= 0.3 is 5.97 Å². The number of carbonyl (C=O) groups is 2. The summed E-state index contributed by atoms with van der Waals surface area (Å²) in [6.45, 7) is 5.07. The van der Waals surface area contributed by atoms with Crippen molar-refractivity contribution >= 4 is 11.9 Å². The fraction of sp³-hybridized carbons (Fsp3) is 0.533. The number of aromatic nitrogens is 1. The lowest BCUT2D eigenvalue weighted by atomic mass is 10.3. The number of esters is 1. The summed E-state index contributed by atoms with van der Waals surface area (Å²) in [5.74, 6) is -0.241. The summed E-state index contributed by atoms with van der Waals surface area (Å²) in [5.41, 5.74) is 0.306. The monoisotopic (exact) mass is 292 g/mol. The van der Waals surface area contributed by atoms with Crippen LogP contribution in [0, 0.1) is 0 Å². The lowest BCUT2D eigenvalue weighted by Crippen LogP contribution is -2.32. The van der Waals surface area contributed by atoms with Crippen molar-refractivity contribution in [1.29, 1.82) is 0 Å². The van der Waals surface area contributed by atoms with E-state index in [1.165, 1.54) is 6.20 Å². The summed E-state index contributed by atoms with van der Waals surface area (Å²) in [6.07, 6.45) is 3.44. The van der Waals surface area contributed by atoms with E-state index in [4.69, 9.17) is 9.47 Å². The van der Waals surface area contributed by atoms with E-state index < -0.39 is 5.97 Å². The summed E-state index contributed by atoms with van der Waals surface area (Å²) in [5, 5.41) is 0. The van der Waals surface area contributed by atoms with Gasteiger partial charge in [-0.2, -0.15) is 0 Å². The SMILES string of the molecule is CC(C)Oc1ccc(C(=O)OCC(=O)N2CCCC2)cn1. The Balaban J connectivity index is 1.83. The molecule has 1 aliphatic heterocycles. The molecule has 1 saturated heterocycles. The Morgan fingerprint density at radius 2 is 2.00 bits per heavy atom. The Labute approximate surface area is 124 Å². The first-order valence-electron chi connectivity index (χ1n) is 7.14. The van der Waals surface area contributed by atoms with E-state index in [0.29, 0.717) is 11.4 Å². The minimum Gasteiger partial charge on any atom is -0.475 e. The van der Waals surface area contributed by atoms with Crippen LogP contribution in [0.5, 0.6) is 5.88 Å². The van der Waals surface area contributed by atoms with Crippen LogP contribution in [-0.4, -0.2) is 47.6 Å². The molecule has 0 spiro atoms. The van der Waals surface area contributed by atoms with Crippen molar-refractivity contribution in [3.8, 4) is 5.88 Å². The van der Waals surface area contributed by atoms with Crippen LogP contribution in [0.2, 0.25) is 0 Å². The highest BCUT2D eigenvalue weighted by molar-refractivity contribution is 5.91. The molecule has 114 valence electrons. The number of nitrogens with zero attached hydrogens (tertiary/aromatic N) is 2. The molecule has 21 heavy (non-hydrogen) atoms. The Hall–Kier alpha value is -2.11. The molecular formula is C15H20N2O4. The molecule has 2 heterocycles. The quantitative estimate of drug-likeness (QED) is 0.772. The number of pyridine rings is 1. The van der Waals surface area contributed by atoms with Crippen molar-refractivity contribution in [2.24, 2.45) is 0 Å². The molecule has 0 saturated carbocycles. The zero-order chi connectivity index (χ0) is 15.2. The average molecular weight is 292 g/mol. The number of hydrogen-bond acceptors (Lipinski definition) is 5. The molecule has 0 unspecified atom stereocenters. The number of rotatable bonds is 5. The molecule has 0 bridgehead atoms. The van der Waals surface area contributed by atoms with Gasteiger partial charge in [0.25, 0.3) is 5.91 Å². The van der Waals surface area contributed by atoms with Gasteiger partial charge in [-0.15, -0.1) is 0 Å². The minimum atomic E-state index is -0.550. The molecule has 1 aromatic rings. The normalized spacial score (nSPS) is 14.3. The number of amides is 1. The van der Waals surface area contributed by atoms with Crippen molar-refractivity contribution in [1.82, 2.24) is 9.88 Å². The Bertz CT molecular complexity index is 493. The Kier molecular flexibility index (Phi) is 5.14. The molecule has 0 aliphatic carbocycles. The zero-order valence-corrected chi connectivity index (χ0v) is 12.4. The second kappa shape index (κ2) is 7.06. The third kappa shape index (κ3) is 4.44. The predicted molar refractivity (Wildman–Crippen MR) is 76.1 cm³/mol. The third-order valence-corrected chi connectivity index (χ3v) is 3.11. The molecule has 1 aromatic heterocycles. The van der Waals surface area contributed by atoms with Crippen LogP contribution in [-0.2, 0) is 9.53 Å². The Morgan fingerprint density at radius 3 is 2.57 bits per heavy atom. The van der Waals surface area contributed by atoms with E-state index >= 15 is 0 Å². The lowest BCUT2D eigenvalue weighted by Gasteiger charge is -2.14. The van der Waals surface area contributed by atoms with Crippen molar-refractivity contribution in [3.05, 3.63) is 23.9 Å². The van der Waals surface area contributed by atoms with Gasteiger partial charge in [-0.05, 0) is 32.8 Å². The molecule has 1 fully saturated rings. The maximum Gasteiger partial charge on any atom is 0.340 e. The van der Waals surface area contributed by atoms with Gasteiger partial charge in [0.05, 0.1) is 11.7 Å². The first-order chi connectivity index (χ1) is 10.1. The van der Waals surface area contributed by atoms with Gasteiger partial charge < -0.3 is 14.4 Å². The highest BCUT2D eigenvalue weighted by Gasteiger charge is 2.19. The molecule has 0 N–H and O–H groups in total. The molecule has 2 rings (SSSR count). The molecular weight excluding hydrogens is 272 g/mol. The van der Waals surface area contributed by atoms with Crippen molar-refractivity contribution in [2.75, 3.05) is 19.7 Å². The fourth-order valence-electron chi connectivity index (χ4n) is 2.08. The molecule has 1 aliphatic rings. The largest absolute Gasteiger partial charge is 0.475 e. The van der Waals surface area contributed by atoms with Crippen molar-refractivity contribution in [2.45, 2.75) is 32.8 Å². The average Bonchev–Trinajstić information content (AvgIpc) is 2.99. The molecule has 6 heteroatoms. The van der Waals surface area contributed by atoms with Crippen LogP contribution in [0.4, 0.5) is 0 Å². The van der Waals surface area contributed by atoms with Crippen molar-refractivity contribution in [3.63, 3.8) is 0 Å². The number of likely N-dealkylation sites (tertiary alicyclic amines) is 1. The number of ether oxygens (including phenoxy) is 2. The zero-order valence-electron chi connectivity index (χ0n) is 12.4. The molecule has 0 atom stereocenters. The van der Waals surface area contributed by atoms with E-state index in [9.17, 15) is 9.59 Å². The van der Waals surface area contributed by atoms with E-state index in [0.717, 1.165) is 25.9 Å². The van der Waals surface area contributed by atoms with Crippen LogP contribution < -0.4 is 4.74 Å². The van der Waals surface area contributed by atoms with Gasteiger partial charge in [-0.1, -0.05) is 0 Å². The fourth-order valence-corrected chi connectivity index (χ4v) is 2.08. The molecule has 6 nitrogen and oxygen atoms in total. The first-order valence-corrected chi connectivity index (χ1v) is 7.14. The standard InChI is InChI=1S/C15H20N2O4/c1-11(2)21-13-6-5-12(9-16-13)15(19)20-10-14(18)17-7-3-4-8-17/h5-6,9,11H,3-4,7-8,10H2,1-2H3.